The lowest BCUT2D eigenvalue weighted by Gasteiger charge is -2.25. The molecule has 4 atom stereocenters. The molecule has 0 heterocycles. The minimum atomic E-state index is -2.02. The van der Waals surface area contributed by atoms with E-state index in [9.17, 15) is 29.8 Å². The molecule has 0 aromatic heterocycles. The van der Waals surface area contributed by atoms with Crippen LogP contribution in [0.2, 0.25) is 0 Å². The van der Waals surface area contributed by atoms with Crippen molar-refractivity contribution in [2.45, 2.75) is 31.2 Å². The number of rotatable bonds is 10. The van der Waals surface area contributed by atoms with Crippen molar-refractivity contribution in [2.75, 3.05) is 0 Å². The fourth-order valence-electron chi connectivity index (χ4n) is 2.88. The highest BCUT2D eigenvalue weighted by atomic mass is 16.4. The summed E-state index contributed by atoms with van der Waals surface area (Å²) in [6.07, 6.45) is -3.76. The van der Waals surface area contributed by atoms with Crippen LogP contribution in [0.5, 0.6) is 5.75 Å². The number of amides is 2. The molecule has 2 aromatic carbocycles. The predicted molar refractivity (Wildman–Crippen MR) is 104 cm³/mol. The molecule has 2 amide bonds. The van der Waals surface area contributed by atoms with Crippen LogP contribution in [0.15, 0.2) is 59.8 Å². The Kier molecular flexibility index (Phi) is 7.81. The first-order valence-electron chi connectivity index (χ1n) is 8.92. The zero-order valence-corrected chi connectivity index (χ0v) is 15.5. The topological polar surface area (TPSA) is 162 Å². The van der Waals surface area contributed by atoms with E-state index >= 15 is 0 Å². The number of nitrogens with zero attached hydrogens (tertiary/aromatic N) is 1. The summed E-state index contributed by atoms with van der Waals surface area (Å²) in [5.74, 6) is -2.81. The molecule has 6 N–H and O–H groups in total. The number of aliphatic hydroxyl groups excluding tert-OH is 2. The van der Waals surface area contributed by atoms with Gasteiger partial charge in [0.25, 0.3) is 0 Å². The van der Waals surface area contributed by atoms with Gasteiger partial charge in [-0.05, 0) is 34.9 Å². The average Bonchev–Trinajstić information content (AvgIpc) is 2.72. The first kappa shape index (κ1) is 22.0. The van der Waals surface area contributed by atoms with Crippen molar-refractivity contribution in [2.24, 2.45) is 16.8 Å². The lowest BCUT2D eigenvalue weighted by Crippen LogP contribution is -2.51. The van der Waals surface area contributed by atoms with Crippen LogP contribution < -0.4 is 11.1 Å². The number of aliphatic hydroxyl groups is 2. The van der Waals surface area contributed by atoms with Gasteiger partial charge in [0, 0.05) is 6.42 Å². The van der Waals surface area contributed by atoms with E-state index in [0.717, 1.165) is 5.56 Å². The van der Waals surface area contributed by atoms with Gasteiger partial charge in [0.15, 0.2) is 0 Å². The fraction of sp³-hybridized carbons (Fsp3) is 0.300. The van der Waals surface area contributed by atoms with Crippen molar-refractivity contribution >= 4 is 11.8 Å². The van der Waals surface area contributed by atoms with Gasteiger partial charge in [0.2, 0.25) is 18.0 Å². The van der Waals surface area contributed by atoms with Crippen molar-refractivity contribution < 1.29 is 24.9 Å². The Labute approximate surface area is 167 Å². The minimum absolute atomic E-state index is 0.0153. The third kappa shape index (κ3) is 6.37. The van der Waals surface area contributed by atoms with Crippen LogP contribution in [0, 0.1) is 10.8 Å². The maximum absolute atomic E-state index is 12.8. The highest BCUT2D eigenvalue weighted by Crippen LogP contribution is 2.19. The van der Waals surface area contributed by atoms with Crippen molar-refractivity contribution in [1.82, 2.24) is 5.32 Å². The van der Waals surface area contributed by atoms with Crippen LogP contribution >= 0.6 is 0 Å². The van der Waals surface area contributed by atoms with Crippen molar-refractivity contribution in [3.63, 3.8) is 0 Å². The molecule has 0 bridgehead atoms. The van der Waals surface area contributed by atoms with Crippen LogP contribution in [0.4, 0.5) is 0 Å². The zero-order chi connectivity index (χ0) is 21.4. The summed E-state index contributed by atoms with van der Waals surface area (Å²) in [5.41, 5.74) is 6.72. The van der Waals surface area contributed by atoms with Gasteiger partial charge in [0.1, 0.15) is 17.9 Å². The lowest BCUT2D eigenvalue weighted by molar-refractivity contribution is -0.135. The van der Waals surface area contributed by atoms with E-state index in [0.29, 0.717) is 5.56 Å². The molecule has 1 unspecified atom stereocenters. The number of carbonyl (C=O) groups is 2. The number of phenolic OH excluding ortho intramolecular Hbond substituents is 1. The van der Waals surface area contributed by atoms with Gasteiger partial charge >= 0.3 is 0 Å². The van der Waals surface area contributed by atoms with E-state index in [1.165, 1.54) is 24.3 Å². The first-order chi connectivity index (χ1) is 13.8. The smallest absolute Gasteiger partial charge is 0.240 e. The Balaban J connectivity index is 2.20. The van der Waals surface area contributed by atoms with Gasteiger partial charge in [-0.15, -0.1) is 4.91 Å². The van der Waals surface area contributed by atoms with E-state index in [1.54, 1.807) is 30.3 Å². The summed E-state index contributed by atoms with van der Waals surface area (Å²) in [5, 5.41) is 34.1. The molecule has 0 fully saturated rings. The van der Waals surface area contributed by atoms with Gasteiger partial charge in [-0.3, -0.25) is 9.59 Å². The molecule has 2 aromatic rings. The molecule has 0 aliphatic carbocycles. The largest absolute Gasteiger partial charge is 0.508 e. The van der Waals surface area contributed by atoms with Crippen molar-refractivity contribution in [3.8, 4) is 5.75 Å². The SMILES string of the molecule is NC(=O)[C@H](Cc1ccccc1)NC(=O)[C@H](Cc1ccc(O)cc1)[C@H](O)C(O)N=O. The number of aromatic hydroxyl groups is 1. The summed E-state index contributed by atoms with van der Waals surface area (Å²) in [4.78, 5) is 35.3. The summed E-state index contributed by atoms with van der Waals surface area (Å²) >= 11 is 0. The van der Waals surface area contributed by atoms with Gasteiger partial charge < -0.3 is 26.4 Å². The average molecular weight is 401 g/mol. The Morgan fingerprint density at radius 3 is 2.10 bits per heavy atom. The Hall–Kier alpha value is -3.30. The predicted octanol–water partition coefficient (Wildman–Crippen LogP) is 0.209. The monoisotopic (exact) mass is 401 g/mol. The van der Waals surface area contributed by atoms with E-state index in [-0.39, 0.29) is 18.6 Å². The second-order valence-electron chi connectivity index (χ2n) is 6.64. The highest BCUT2D eigenvalue weighted by Gasteiger charge is 2.34. The molecule has 0 aliphatic heterocycles. The number of phenols is 1. The molecule has 0 saturated heterocycles. The van der Waals surface area contributed by atoms with Crippen LogP contribution in [0.3, 0.4) is 0 Å². The van der Waals surface area contributed by atoms with Gasteiger partial charge in [-0.2, -0.15) is 0 Å². The highest BCUT2D eigenvalue weighted by molar-refractivity contribution is 5.88. The molecule has 0 aliphatic rings. The van der Waals surface area contributed by atoms with Gasteiger partial charge in [0.05, 0.1) is 5.92 Å². The summed E-state index contributed by atoms with van der Waals surface area (Å²) < 4.78 is 0. The Morgan fingerprint density at radius 1 is 0.966 bits per heavy atom. The lowest BCUT2D eigenvalue weighted by atomic mass is 9.91. The molecule has 154 valence electrons. The van der Waals surface area contributed by atoms with E-state index < -0.39 is 36.1 Å². The van der Waals surface area contributed by atoms with Crippen LogP contribution in [0.25, 0.3) is 0 Å². The van der Waals surface area contributed by atoms with E-state index in [4.69, 9.17) is 5.73 Å². The number of primary amides is 1. The number of benzene rings is 2. The van der Waals surface area contributed by atoms with Crippen molar-refractivity contribution in [1.29, 1.82) is 0 Å². The molecule has 0 radical (unpaired) electrons. The van der Waals surface area contributed by atoms with Gasteiger partial charge in [-0.1, -0.05) is 42.5 Å². The normalized spacial score (nSPS) is 15.0. The number of nitrogens with two attached hydrogens (primary N) is 1. The van der Waals surface area contributed by atoms with Gasteiger partial charge in [-0.25, -0.2) is 0 Å². The Morgan fingerprint density at radius 2 is 1.55 bits per heavy atom. The maximum Gasteiger partial charge on any atom is 0.240 e. The summed E-state index contributed by atoms with van der Waals surface area (Å²) in [6, 6.07) is 13.7. The van der Waals surface area contributed by atoms with Crippen molar-refractivity contribution in [3.05, 3.63) is 70.6 Å². The molecule has 9 heteroatoms. The van der Waals surface area contributed by atoms with Crippen LogP contribution in [-0.2, 0) is 22.4 Å². The van der Waals surface area contributed by atoms with E-state index in [2.05, 4.69) is 10.5 Å². The second kappa shape index (κ2) is 10.3. The number of nitrogens with one attached hydrogen (secondary N) is 1. The zero-order valence-electron chi connectivity index (χ0n) is 15.5. The summed E-state index contributed by atoms with van der Waals surface area (Å²) in [7, 11) is 0. The second-order valence-corrected chi connectivity index (χ2v) is 6.64. The first-order valence-corrected chi connectivity index (χ1v) is 8.92. The summed E-state index contributed by atoms with van der Waals surface area (Å²) in [6.45, 7) is 0. The van der Waals surface area contributed by atoms with Crippen LogP contribution in [0.1, 0.15) is 11.1 Å². The number of nitroso groups, excluding NO2 is 1. The van der Waals surface area contributed by atoms with Crippen LogP contribution in [-0.4, -0.2) is 45.5 Å². The number of carbonyl (C=O) groups excluding carboxylic acids is 2. The Bertz CT molecular complexity index is 828. The molecule has 9 nitrogen and oxygen atoms in total. The molecular weight excluding hydrogens is 378 g/mol. The molecule has 0 spiro atoms. The number of hydrogen-bond acceptors (Lipinski definition) is 7. The molecule has 2 rings (SSSR count). The quantitative estimate of drug-likeness (QED) is 0.357. The number of hydrogen-bond donors (Lipinski definition) is 5. The third-order valence-electron chi connectivity index (χ3n) is 4.50. The standard InChI is InChI=1S/C20H23N3O6/c21-18(26)16(11-12-4-2-1-3-5-12)22-19(27)15(17(25)20(28)23-29)10-13-6-8-14(24)9-7-13/h1-9,15-17,20,24-25,28H,10-11H2,(H2,21,26)(H,22,27)/t15-,16+,17+,20?/m1/s1. The molecule has 29 heavy (non-hydrogen) atoms. The minimum Gasteiger partial charge on any atom is -0.508 e. The fourth-order valence-corrected chi connectivity index (χ4v) is 2.88. The van der Waals surface area contributed by atoms with E-state index in [1.807, 2.05) is 0 Å². The molecular formula is C20H23N3O6. The molecule has 0 saturated carbocycles. The maximum atomic E-state index is 12.8. The third-order valence-corrected chi connectivity index (χ3v) is 4.50.